The third kappa shape index (κ3) is 3.16. The summed E-state index contributed by atoms with van der Waals surface area (Å²) in [7, 11) is 0. The molecule has 0 bridgehead atoms. The van der Waals surface area contributed by atoms with Gasteiger partial charge in [-0.1, -0.05) is 23.7 Å². The van der Waals surface area contributed by atoms with E-state index in [1.165, 1.54) is 10.6 Å². The van der Waals surface area contributed by atoms with Gasteiger partial charge in [0.25, 0.3) is 5.56 Å². The summed E-state index contributed by atoms with van der Waals surface area (Å²) in [5.74, 6) is -3.40. The van der Waals surface area contributed by atoms with Crippen LogP contribution in [0.25, 0.3) is 10.9 Å². The van der Waals surface area contributed by atoms with Gasteiger partial charge in [-0.2, -0.15) is 0 Å². The lowest BCUT2D eigenvalue weighted by molar-refractivity contribution is -0.127. The van der Waals surface area contributed by atoms with E-state index < -0.39 is 23.3 Å². The van der Waals surface area contributed by atoms with Crippen LogP contribution in [0.5, 0.6) is 0 Å². The van der Waals surface area contributed by atoms with Crippen molar-refractivity contribution >= 4 is 34.2 Å². The lowest BCUT2D eigenvalue weighted by atomic mass is 9.65. The second kappa shape index (κ2) is 7.00. The summed E-state index contributed by atoms with van der Waals surface area (Å²) in [5, 5.41) is 13.3. The van der Waals surface area contributed by atoms with Gasteiger partial charge >= 0.3 is 5.97 Å². The molecule has 0 amide bonds. The van der Waals surface area contributed by atoms with Crippen molar-refractivity contribution in [1.82, 2.24) is 9.55 Å². The first kappa shape index (κ1) is 20.9. The average molecular weight is 460 g/mol. The Morgan fingerprint density at radius 1 is 1.28 bits per heavy atom. The third-order valence-electron chi connectivity index (χ3n) is 6.53. The molecular weight excluding hydrogens is 440 g/mol. The lowest BCUT2D eigenvalue weighted by Crippen LogP contribution is -2.49. The number of benzene rings is 2. The first-order valence-corrected chi connectivity index (χ1v) is 10.7. The van der Waals surface area contributed by atoms with Crippen molar-refractivity contribution < 1.29 is 18.7 Å². The molecule has 166 valence electrons. The van der Waals surface area contributed by atoms with Gasteiger partial charge < -0.3 is 10.4 Å². The molecule has 2 aliphatic rings. The summed E-state index contributed by atoms with van der Waals surface area (Å²) >= 11 is 6.31. The maximum absolute atomic E-state index is 13.8. The number of aromatic nitrogens is 2. The van der Waals surface area contributed by atoms with E-state index in [9.17, 15) is 23.5 Å². The molecule has 1 aromatic heterocycles. The number of rotatable bonds is 4. The second-order valence-corrected chi connectivity index (χ2v) is 9.18. The van der Waals surface area contributed by atoms with Crippen LogP contribution in [-0.4, -0.2) is 26.5 Å². The Morgan fingerprint density at radius 2 is 2.00 bits per heavy atom. The smallest absolute Gasteiger partial charge is 0.337 e. The van der Waals surface area contributed by atoms with Crippen LogP contribution in [0.1, 0.15) is 54.0 Å². The van der Waals surface area contributed by atoms with Crippen LogP contribution in [0, 0.1) is 0 Å². The van der Waals surface area contributed by atoms with E-state index in [0.717, 1.165) is 0 Å². The van der Waals surface area contributed by atoms with Gasteiger partial charge in [-0.25, -0.2) is 18.6 Å². The van der Waals surface area contributed by atoms with Crippen LogP contribution in [0.4, 0.5) is 14.5 Å². The fraction of sp³-hybridized carbons (Fsp3) is 0.348. The Balaban J connectivity index is 1.63. The number of hydrogen-bond donors (Lipinski definition) is 2. The van der Waals surface area contributed by atoms with Crippen molar-refractivity contribution in [2.75, 3.05) is 5.32 Å². The van der Waals surface area contributed by atoms with Crippen molar-refractivity contribution in [3.8, 4) is 0 Å². The van der Waals surface area contributed by atoms with Crippen LogP contribution in [0.2, 0.25) is 5.02 Å². The van der Waals surface area contributed by atoms with E-state index in [4.69, 9.17) is 16.6 Å². The summed E-state index contributed by atoms with van der Waals surface area (Å²) in [6.45, 7) is 2.17. The van der Waals surface area contributed by atoms with Crippen molar-refractivity contribution in [2.45, 2.75) is 50.1 Å². The third-order valence-corrected chi connectivity index (χ3v) is 6.75. The molecule has 3 aromatic rings. The number of anilines is 1. The molecule has 1 atom stereocenters. The quantitative estimate of drug-likeness (QED) is 0.574. The van der Waals surface area contributed by atoms with Gasteiger partial charge in [0.15, 0.2) is 0 Å². The zero-order valence-electron chi connectivity index (χ0n) is 17.2. The Labute approximate surface area is 186 Å². The highest BCUT2D eigenvalue weighted by Gasteiger charge is 2.61. The minimum atomic E-state index is -2.74. The standard InChI is InChI=1S/C23H20ClF2N3O3/c1-12(27-17-5-3-2-4-14(17)20(31)32)15-8-13(24)9-16-18(15)28-21-22(10-23(25,26)11-22)6-7-29(21)19(16)30/h2-5,8-9,12,27H,6-7,10-11H2,1H3,(H,31,32)/t12-/m1/s1. The first-order chi connectivity index (χ1) is 15.1. The Kier molecular flexibility index (Phi) is 4.57. The molecule has 6 nitrogen and oxygen atoms in total. The van der Waals surface area contributed by atoms with Crippen molar-refractivity contribution in [2.24, 2.45) is 0 Å². The predicted octanol–water partition coefficient (Wildman–Crippen LogP) is 4.99. The number of carboxylic acids is 1. The zero-order chi connectivity index (χ0) is 22.8. The van der Waals surface area contributed by atoms with Gasteiger partial charge in [0.05, 0.1) is 22.5 Å². The summed E-state index contributed by atoms with van der Waals surface area (Å²) < 4.78 is 29.0. The van der Waals surface area contributed by atoms with Crippen LogP contribution in [0.15, 0.2) is 41.2 Å². The second-order valence-electron chi connectivity index (χ2n) is 8.74. The lowest BCUT2D eigenvalue weighted by Gasteiger charge is -2.43. The Bertz CT molecular complexity index is 1330. The maximum atomic E-state index is 13.8. The van der Waals surface area contributed by atoms with Gasteiger partial charge in [-0.15, -0.1) is 0 Å². The van der Waals surface area contributed by atoms with Gasteiger partial charge in [-0.05, 0) is 37.6 Å². The molecule has 2 N–H and O–H groups in total. The molecule has 32 heavy (non-hydrogen) atoms. The van der Waals surface area contributed by atoms with Crippen molar-refractivity contribution in [3.63, 3.8) is 0 Å². The molecular formula is C23H20ClF2N3O3. The Morgan fingerprint density at radius 3 is 2.69 bits per heavy atom. The molecule has 0 unspecified atom stereocenters. The van der Waals surface area contributed by atoms with Crippen LogP contribution in [0.3, 0.4) is 0 Å². The topological polar surface area (TPSA) is 84.2 Å². The number of halogens is 3. The molecule has 2 aromatic carbocycles. The number of hydrogen-bond acceptors (Lipinski definition) is 4. The highest BCUT2D eigenvalue weighted by molar-refractivity contribution is 6.31. The van der Waals surface area contributed by atoms with E-state index in [2.05, 4.69) is 5.32 Å². The number of fused-ring (bicyclic) bond motifs is 3. The minimum Gasteiger partial charge on any atom is -0.478 e. The summed E-state index contributed by atoms with van der Waals surface area (Å²) in [4.78, 5) is 29.5. The number of alkyl halides is 2. The van der Waals surface area contributed by atoms with E-state index >= 15 is 0 Å². The first-order valence-electron chi connectivity index (χ1n) is 10.3. The van der Waals surface area contributed by atoms with Crippen molar-refractivity contribution in [3.05, 3.63) is 68.7 Å². The molecule has 0 radical (unpaired) electrons. The SMILES string of the molecule is C[C@@H](Nc1ccccc1C(=O)O)c1cc(Cl)cc2c(=O)n3c(nc12)C1(CC3)CC(F)(F)C1. The molecule has 2 heterocycles. The fourth-order valence-electron chi connectivity index (χ4n) is 5.08. The van der Waals surface area contributed by atoms with E-state index in [-0.39, 0.29) is 24.0 Å². The summed E-state index contributed by atoms with van der Waals surface area (Å²) in [5.41, 5.74) is 0.444. The molecule has 1 fully saturated rings. The van der Waals surface area contributed by atoms with Crippen molar-refractivity contribution in [1.29, 1.82) is 0 Å². The predicted molar refractivity (Wildman–Crippen MR) is 117 cm³/mol. The van der Waals surface area contributed by atoms with Crippen LogP contribution < -0.4 is 10.9 Å². The number of carbonyl (C=O) groups is 1. The highest BCUT2D eigenvalue weighted by Crippen LogP contribution is 2.57. The normalized spacial score (nSPS) is 18.9. The number of nitrogens with one attached hydrogen (secondary N) is 1. The number of para-hydroxylation sites is 1. The number of aromatic carboxylic acids is 1. The molecule has 5 rings (SSSR count). The van der Waals surface area contributed by atoms with E-state index in [1.54, 1.807) is 30.3 Å². The average Bonchev–Trinajstić information content (AvgIpc) is 3.06. The molecule has 1 spiro atoms. The minimum absolute atomic E-state index is 0.107. The zero-order valence-corrected chi connectivity index (χ0v) is 17.9. The van der Waals surface area contributed by atoms with Crippen LogP contribution >= 0.6 is 11.6 Å². The summed E-state index contributed by atoms with van der Waals surface area (Å²) in [6.07, 6.45) is -0.147. The molecule has 9 heteroatoms. The molecule has 1 aliphatic heterocycles. The van der Waals surface area contributed by atoms with Gasteiger partial charge in [0.1, 0.15) is 5.82 Å². The highest BCUT2D eigenvalue weighted by atomic mass is 35.5. The number of nitrogens with zero attached hydrogens (tertiary/aromatic N) is 2. The summed E-state index contributed by atoms with van der Waals surface area (Å²) in [6, 6.07) is 9.26. The molecule has 0 saturated heterocycles. The largest absolute Gasteiger partial charge is 0.478 e. The van der Waals surface area contributed by atoms with E-state index in [1.807, 2.05) is 6.92 Å². The van der Waals surface area contributed by atoms with Crippen LogP contribution in [-0.2, 0) is 12.0 Å². The van der Waals surface area contributed by atoms with E-state index in [0.29, 0.717) is 46.0 Å². The number of carboxylic acid groups (broad SMARTS) is 1. The Hall–Kier alpha value is -3.00. The van der Waals surface area contributed by atoms with Gasteiger partial charge in [-0.3, -0.25) is 9.36 Å². The molecule has 1 saturated carbocycles. The monoisotopic (exact) mass is 459 g/mol. The van der Waals surface area contributed by atoms with Gasteiger partial charge in [0.2, 0.25) is 5.92 Å². The fourth-order valence-corrected chi connectivity index (χ4v) is 5.30. The maximum Gasteiger partial charge on any atom is 0.337 e. The molecule has 1 aliphatic carbocycles. The van der Waals surface area contributed by atoms with Gasteiger partial charge in [0, 0.05) is 41.1 Å².